The summed E-state index contributed by atoms with van der Waals surface area (Å²) in [6.45, 7) is 4.66. The van der Waals surface area contributed by atoms with Gasteiger partial charge in [-0.2, -0.15) is 0 Å². The predicted octanol–water partition coefficient (Wildman–Crippen LogP) is 5.80. The molecule has 0 unspecified atom stereocenters. The highest BCUT2D eigenvalue weighted by molar-refractivity contribution is 6.01. The van der Waals surface area contributed by atoms with Gasteiger partial charge < -0.3 is 23.8 Å². The number of esters is 1. The Balaban J connectivity index is 1.55. The van der Waals surface area contributed by atoms with Crippen LogP contribution < -0.4 is 9.47 Å². The number of rotatable bonds is 14. The summed E-state index contributed by atoms with van der Waals surface area (Å²) in [4.78, 5) is 16.7. The Bertz CT molecular complexity index is 1190. The molecule has 0 atom stereocenters. The number of ether oxygens (including phenoxy) is 4. The summed E-state index contributed by atoms with van der Waals surface area (Å²) in [5.74, 6) is 1.08. The molecule has 0 heterocycles. The Morgan fingerprint density at radius 3 is 2.19 bits per heavy atom. The molecule has 0 N–H and O–H groups in total. The maximum Gasteiger partial charge on any atom is 0.310 e. The molecule has 0 spiro atoms. The van der Waals surface area contributed by atoms with Gasteiger partial charge in [-0.3, -0.25) is 4.79 Å². The number of oxime groups is 1. The van der Waals surface area contributed by atoms with E-state index in [0.717, 1.165) is 22.4 Å². The van der Waals surface area contributed by atoms with Crippen LogP contribution in [0.15, 0.2) is 103 Å². The van der Waals surface area contributed by atoms with Crippen LogP contribution in [-0.2, 0) is 25.7 Å². The quantitative estimate of drug-likeness (QED) is 0.0694. The topological polar surface area (TPSA) is 75.6 Å². The molecule has 0 fully saturated rings. The SMILES string of the molecule is C=CCO/C=C(/CC(=O)OC)c1ccc(OCc2ccc(OC/C(=N\OC)c3ccccc3)cc2)cc1. The maximum atomic E-state index is 11.8. The van der Waals surface area contributed by atoms with E-state index in [0.29, 0.717) is 30.2 Å². The van der Waals surface area contributed by atoms with Crippen LogP contribution in [0.25, 0.3) is 5.57 Å². The van der Waals surface area contributed by atoms with Crippen molar-refractivity contribution >= 4 is 17.3 Å². The first-order valence-electron chi connectivity index (χ1n) is 11.7. The standard InChI is InChI=1S/C30H31NO6/c1-4-18-35-21-26(19-30(32)33-2)24-12-16-28(17-13-24)36-20-23-10-14-27(15-11-23)37-22-29(31-34-3)25-8-6-5-7-9-25/h4-17,21H,1,18-20,22H2,2-3H3/b26-21-,31-29+. The van der Waals surface area contributed by atoms with Crippen molar-refractivity contribution in [1.82, 2.24) is 0 Å². The summed E-state index contributed by atoms with van der Waals surface area (Å²) < 4.78 is 22.0. The lowest BCUT2D eigenvalue weighted by Crippen LogP contribution is -2.13. The molecule has 0 saturated carbocycles. The summed E-state index contributed by atoms with van der Waals surface area (Å²) in [5, 5.41) is 4.08. The molecule has 3 aromatic rings. The van der Waals surface area contributed by atoms with Gasteiger partial charge in [0.25, 0.3) is 0 Å². The second-order valence-corrected chi connectivity index (χ2v) is 7.85. The number of benzene rings is 3. The van der Waals surface area contributed by atoms with Gasteiger partial charge in [-0.1, -0.05) is 72.4 Å². The Hall–Kier alpha value is -4.52. The minimum Gasteiger partial charge on any atom is -0.497 e. The van der Waals surface area contributed by atoms with E-state index in [1.807, 2.05) is 78.9 Å². The van der Waals surface area contributed by atoms with Gasteiger partial charge in [0.1, 0.15) is 44.1 Å². The first-order valence-corrected chi connectivity index (χ1v) is 11.7. The number of methoxy groups -OCH3 is 1. The van der Waals surface area contributed by atoms with Crippen LogP contribution in [0.3, 0.4) is 0 Å². The lowest BCUT2D eigenvalue weighted by atomic mass is 10.0. The monoisotopic (exact) mass is 501 g/mol. The summed E-state index contributed by atoms with van der Waals surface area (Å²) >= 11 is 0. The lowest BCUT2D eigenvalue weighted by Gasteiger charge is -2.11. The van der Waals surface area contributed by atoms with E-state index in [4.69, 9.17) is 23.8 Å². The third kappa shape index (κ3) is 8.89. The molecule has 0 aliphatic carbocycles. The number of hydrogen-bond donors (Lipinski definition) is 0. The zero-order chi connectivity index (χ0) is 26.3. The van der Waals surface area contributed by atoms with E-state index < -0.39 is 0 Å². The fourth-order valence-corrected chi connectivity index (χ4v) is 3.32. The zero-order valence-electron chi connectivity index (χ0n) is 21.1. The molecule has 7 nitrogen and oxygen atoms in total. The Morgan fingerprint density at radius 1 is 0.865 bits per heavy atom. The van der Waals surface area contributed by atoms with Crippen molar-refractivity contribution in [3.63, 3.8) is 0 Å². The van der Waals surface area contributed by atoms with Crippen molar-refractivity contribution in [2.75, 3.05) is 27.4 Å². The molecule has 7 heteroatoms. The van der Waals surface area contributed by atoms with Crippen LogP contribution >= 0.6 is 0 Å². The molecule has 0 aliphatic heterocycles. The highest BCUT2D eigenvalue weighted by Gasteiger charge is 2.10. The largest absolute Gasteiger partial charge is 0.497 e. The van der Waals surface area contributed by atoms with Gasteiger partial charge >= 0.3 is 5.97 Å². The van der Waals surface area contributed by atoms with Crippen molar-refractivity contribution in [3.05, 3.63) is 114 Å². The highest BCUT2D eigenvalue weighted by atomic mass is 16.6. The fourth-order valence-electron chi connectivity index (χ4n) is 3.32. The van der Waals surface area contributed by atoms with Crippen LogP contribution in [0, 0.1) is 0 Å². The predicted molar refractivity (Wildman–Crippen MR) is 143 cm³/mol. The van der Waals surface area contributed by atoms with Crippen LogP contribution in [-0.4, -0.2) is 39.1 Å². The molecule has 3 aromatic carbocycles. The average Bonchev–Trinajstić information content (AvgIpc) is 2.95. The third-order valence-electron chi connectivity index (χ3n) is 5.24. The fraction of sp³-hybridized carbons (Fsp3) is 0.200. The highest BCUT2D eigenvalue weighted by Crippen LogP contribution is 2.23. The summed E-state index contributed by atoms with van der Waals surface area (Å²) in [5.41, 5.74) is 4.19. The van der Waals surface area contributed by atoms with Gasteiger partial charge in [0.2, 0.25) is 0 Å². The lowest BCUT2D eigenvalue weighted by molar-refractivity contribution is -0.139. The third-order valence-corrected chi connectivity index (χ3v) is 5.24. The van der Waals surface area contributed by atoms with Crippen LogP contribution in [0.5, 0.6) is 11.5 Å². The van der Waals surface area contributed by atoms with Crippen molar-refractivity contribution in [2.45, 2.75) is 13.0 Å². The van der Waals surface area contributed by atoms with Gasteiger partial charge in [0.05, 0.1) is 19.8 Å². The zero-order valence-corrected chi connectivity index (χ0v) is 21.1. The van der Waals surface area contributed by atoms with Crippen molar-refractivity contribution in [3.8, 4) is 11.5 Å². The molecular weight excluding hydrogens is 470 g/mol. The van der Waals surface area contributed by atoms with E-state index in [9.17, 15) is 4.79 Å². The van der Waals surface area contributed by atoms with Crippen molar-refractivity contribution in [2.24, 2.45) is 5.16 Å². The molecule has 0 aliphatic rings. The number of nitrogens with zero attached hydrogens (tertiary/aromatic N) is 1. The minimum atomic E-state index is -0.344. The number of carbonyl (C=O) groups excluding carboxylic acids is 1. The van der Waals surface area contributed by atoms with Crippen molar-refractivity contribution in [1.29, 1.82) is 0 Å². The van der Waals surface area contributed by atoms with E-state index >= 15 is 0 Å². The molecule has 192 valence electrons. The van der Waals surface area contributed by atoms with Gasteiger partial charge in [0.15, 0.2) is 0 Å². The normalized spacial score (nSPS) is 11.4. The first-order chi connectivity index (χ1) is 18.1. The van der Waals surface area contributed by atoms with Crippen molar-refractivity contribution < 1.29 is 28.6 Å². The van der Waals surface area contributed by atoms with E-state index in [1.54, 1.807) is 12.3 Å². The average molecular weight is 502 g/mol. The first kappa shape index (κ1) is 27.1. The van der Waals surface area contributed by atoms with Gasteiger partial charge in [0, 0.05) is 11.1 Å². The Labute approximate surface area is 217 Å². The molecule has 0 radical (unpaired) electrons. The summed E-state index contributed by atoms with van der Waals surface area (Å²) in [6, 6.07) is 24.9. The summed E-state index contributed by atoms with van der Waals surface area (Å²) in [6.07, 6.45) is 3.30. The number of hydrogen-bond acceptors (Lipinski definition) is 7. The van der Waals surface area contributed by atoms with Crippen LogP contribution in [0.1, 0.15) is 23.1 Å². The number of carbonyl (C=O) groups is 1. The van der Waals surface area contributed by atoms with Gasteiger partial charge in [-0.15, -0.1) is 0 Å². The molecule has 0 amide bonds. The molecule has 3 rings (SSSR count). The van der Waals surface area contributed by atoms with E-state index in [1.165, 1.54) is 14.2 Å². The van der Waals surface area contributed by atoms with Gasteiger partial charge in [-0.25, -0.2) is 0 Å². The van der Waals surface area contributed by atoms with E-state index in [-0.39, 0.29) is 19.0 Å². The van der Waals surface area contributed by atoms with E-state index in [2.05, 4.69) is 11.7 Å². The smallest absolute Gasteiger partial charge is 0.310 e. The second kappa shape index (κ2) is 14.8. The van der Waals surface area contributed by atoms with Crippen LogP contribution in [0.4, 0.5) is 0 Å². The van der Waals surface area contributed by atoms with Gasteiger partial charge in [-0.05, 0) is 35.4 Å². The van der Waals surface area contributed by atoms with Crippen LogP contribution in [0.2, 0.25) is 0 Å². The molecule has 0 saturated heterocycles. The molecular formula is C30H31NO6. The minimum absolute atomic E-state index is 0.104. The molecule has 37 heavy (non-hydrogen) atoms. The Kier molecular flexibility index (Phi) is 10.8. The second-order valence-electron chi connectivity index (χ2n) is 7.85. The molecule has 0 bridgehead atoms. The molecule has 0 aromatic heterocycles. The maximum absolute atomic E-state index is 11.8. The Morgan fingerprint density at radius 2 is 1.54 bits per heavy atom. The summed E-state index contributed by atoms with van der Waals surface area (Å²) in [7, 11) is 2.87.